The van der Waals surface area contributed by atoms with Crippen molar-refractivity contribution in [1.82, 2.24) is 5.32 Å². The number of rotatable bonds is 3. The average Bonchev–Trinajstić information content (AvgIpc) is 2.74. The van der Waals surface area contributed by atoms with Gasteiger partial charge in [0.2, 0.25) is 0 Å². The van der Waals surface area contributed by atoms with Gasteiger partial charge >= 0.3 is 0 Å². The second kappa shape index (κ2) is 4.82. The smallest absolute Gasteiger partial charge is 0.195 e. The van der Waals surface area contributed by atoms with Crippen LogP contribution in [0.15, 0.2) is 29.3 Å². The van der Waals surface area contributed by atoms with Crippen molar-refractivity contribution in [3.05, 3.63) is 29.8 Å². The molecule has 0 aromatic heterocycles. The maximum Gasteiger partial charge on any atom is 0.195 e. The van der Waals surface area contributed by atoms with Crippen molar-refractivity contribution in [2.75, 3.05) is 18.4 Å². The lowest BCUT2D eigenvalue weighted by Gasteiger charge is -2.11. The highest BCUT2D eigenvalue weighted by Gasteiger charge is 2.06. The molecule has 3 heteroatoms. The number of nitrogens with zero attached hydrogens (tertiary/aromatic N) is 1. The van der Waals surface area contributed by atoms with E-state index in [9.17, 15) is 0 Å². The first kappa shape index (κ1) is 10.0. The van der Waals surface area contributed by atoms with Crippen LogP contribution in [0.25, 0.3) is 0 Å². The lowest BCUT2D eigenvalue weighted by molar-refractivity contribution is 0.923. The molecule has 15 heavy (non-hydrogen) atoms. The summed E-state index contributed by atoms with van der Waals surface area (Å²) in [6, 6.07) is 8.41. The van der Waals surface area contributed by atoms with E-state index in [0.29, 0.717) is 0 Å². The minimum absolute atomic E-state index is 0.873. The Hall–Kier alpha value is -1.51. The Kier molecular flexibility index (Phi) is 3.22. The molecule has 1 aliphatic heterocycles. The van der Waals surface area contributed by atoms with Crippen LogP contribution in [-0.4, -0.2) is 19.0 Å². The average molecular weight is 203 g/mol. The zero-order chi connectivity index (χ0) is 10.5. The second-order valence-electron chi connectivity index (χ2n) is 3.69. The number of anilines is 1. The molecule has 0 saturated heterocycles. The Balaban J connectivity index is 2.12. The third kappa shape index (κ3) is 2.49. The number of nitrogens with one attached hydrogen (secondary N) is 2. The Bertz CT molecular complexity index is 358. The van der Waals surface area contributed by atoms with Crippen LogP contribution in [0.2, 0.25) is 0 Å². The molecule has 2 N–H and O–H groups in total. The monoisotopic (exact) mass is 203 g/mol. The standard InChI is InChI=1S/C12H17N3/c1-2-5-10-6-3-4-7-11(10)15-12-13-8-9-14-12/h3-4,6-7H,2,5,8-9H2,1H3,(H2,13,14,15). The first-order valence-electron chi connectivity index (χ1n) is 5.53. The molecule has 2 rings (SSSR count). The van der Waals surface area contributed by atoms with Crippen molar-refractivity contribution < 1.29 is 0 Å². The van der Waals surface area contributed by atoms with E-state index < -0.39 is 0 Å². The molecule has 0 fully saturated rings. The molecule has 0 bridgehead atoms. The van der Waals surface area contributed by atoms with E-state index in [1.54, 1.807) is 0 Å². The molecule has 0 saturated carbocycles. The van der Waals surface area contributed by atoms with Crippen molar-refractivity contribution in [2.45, 2.75) is 19.8 Å². The van der Waals surface area contributed by atoms with Crippen LogP contribution in [0.3, 0.4) is 0 Å². The highest BCUT2D eigenvalue weighted by molar-refractivity contribution is 5.95. The van der Waals surface area contributed by atoms with Gasteiger partial charge in [-0.05, 0) is 18.1 Å². The fraction of sp³-hybridized carbons (Fsp3) is 0.417. The number of aliphatic imine (C=N–C) groups is 1. The molecule has 0 spiro atoms. The molecule has 0 atom stereocenters. The van der Waals surface area contributed by atoms with Gasteiger partial charge in [-0.2, -0.15) is 0 Å². The molecule has 0 amide bonds. The zero-order valence-corrected chi connectivity index (χ0v) is 9.09. The highest BCUT2D eigenvalue weighted by Crippen LogP contribution is 2.16. The molecular weight excluding hydrogens is 186 g/mol. The van der Waals surface area contributed by atoms with Crippen molar-refractivity contribution in [3.8, 4) is 0 Å². The third-order valence-corrected chi connectivity index (χ3v) is 2.46. The van der Waals surface area contributed by atoms with Gasteiger partial charge in [-0.3, -0.25) is 4.99 Å². The second-order valence-corrected chi connectivity index (χ2v) is 3.69. The Morgan fingerprint density at radius 1 is 1.40 bits per heavy atom. The number of hydrogen-bond donors (Lipinski definition) is 2. The van der Waals surface area contributed by atoms with Gasteiger partial charge in [-0.1, -0.05) is 31.5 Å². The molecule has 1 aliphatic rings. The van der Waals surface area contributed by atoms with Crippen LogP contribution in [0.5, 0.6) is 0 Å². The summed E-state index contributed by atoms with van der Waals surface area (Å²) in [6.45, 7) is 4.01. The molecule has 3 nitrogen and oxygen atoms in total. The van der Waals surface area contributed by atoms with E-state index in [4.69, 9.17) is 0 Å². The maximum atomic E-state index is 4.33. The van der Waals surface area contributed by atoms with Crippen molar-refractivity contribution in [1.29, 1.82) is 0 Å². The van der Waals surface area contributed by atoms with Crippen molar-refractivity contribution in [2.24, 2.45) is 4.99 Å². The van der Waals surface area contributed by atoms with Gasteiger partial charge in [-0.15, -0.1) is 0 Å². The van der Waals surface area contributed by atoms with E-state index in [1.165, 1.54) is 17.7 Å². The topological polar surface area (TPSA) is 36.4 Å². The largest absolute Gasteiger partial charge is 0.354 e. The molecule has 1 heterocycles. The van der Waals surface area contributed by atoms with Gasteiger partial charge in [0.25, 0.3) is 0 Å². The molecule has 0 aliphatic carbocycles. The van der Waals surface area contributed by atoms with Crippen LogP contribution >= 0.6 is 0 Å². The van der Waals surface area contributed by atoms with Gasteiger partial charge in [0.1, 0.15) is 0 Å². The molecule has 1 aromatic rings. The predicted octanol–water partition coefficient (Wildman–Crippen LogP) is 2.01. The fourth-order valence-electron chi connectivity index (χ4n) is 1.74. The van der Waals surface area contributed by atoms with E-state index in [1.807, 2.05) is 0 Å². The number of hydrogen-bond acceptors (Lipinski definition) is 3. The molecule has 1 aromatic carbocycles. The molecule has 80 valence electrons. The van der Waals surface area contributed by atoms with E-state index >= 15 is 0 Å². The lowest BCUT2D eigenvalue weighted by Crippen LogP contribution is -2.26. The van der Waals surface area contributed by atoms with Gasteiger partial charge in [0.15, 0.2) is 5.96 Å². The van der Waals surface area contributed by atoms with Gasteiger partial charge < -0.3 is 10.6 Å². The molecule has 0 radical (unpaired) electrons. The highest BCUT2D eigenvalue weighted by atomic mass is 15.2. The summed E-state index contributed by atoms with van der Waals surface area (Å²) in [5, 5.41) is 6.55. The predicted molar refractivity (Wildman–Crippen MR) is 64.4 cm³/mol. The molecule has 0 unspecified atom stereocenters. The summed E-state index contributed by atoms with van der Waals surface area (Å²) < 4.78 is 0. The van der Waals surface area contributed by atoms with Crippen LogP contribution < -0.4 is 10.6 Å². The summed E-state index contributed by atoms with van der Waals surface area (Å²) in [7, 11) is 0. The third-order valence-electron chi connectivity index (χ3n) is 2.46. The van der Waals surface area contributed by atoms with Gasteiger partial charge in [-0.25, -0.2) is 0 Å². The SMILES string of the molecule is CCCc1ccccc1NC1=NCCN1. The van der Waals surface area contributed by atoms with Crippen molar-refractivity contribution in [3.63, 3.8) is 0 Å². The number of guanidine groups is 1. The Morgan fingerprint density at radius 2 is 2.27 bits per heavy atom. The summed E-state index contributed by atoms with van der Waals surface area (Å²) in [5.74, 6) is 0.901. The number of benzene rings is 1. The molecular formula is C12H17N3. The Labute approximate surface area is 90.6 Å². The minimum Gasteiger partial charge on any atom is -0.354 e. The van der Waals surface area contributed by atoms with E-state index in [2.05, 4.69) is 46.8 Å². The quantitative estimate of drug-likeness (QED) is 0.788. The zero-order valence-electron chi connectivity index (χ0n) is 9.09. The van der Waals surface area contributed by atoms with Crippen LogP contribution in [0.1, 0.15) is 18.9 Å². The van der Waals surface area contributed by atoms with Gasteiger partial charge in [0, 0.05) is 12.2 Å². The number of para-hydroxylation sites is 1. The van der Waals surface area contributed by atoms with Crippen LogP contribution in [0, 0.1) is 0 Å². The Morgan fingerprint density at radius 3 is 3.00 bits per heavy atom. The summed E-state index contributed by atoms with van der Waals surface area (Å²) in [5.41, 5.74) is 2.53. The van der Waals surface area contributed by atoms with Crippen molar-refractivity contribution >= 4 is 11.6 Å². The summed E-state index contributed by atoms with van der Waals surface area (Å²) in [6.07, 6.45) is 2.27. The van der Waals surface area contributed by atoms with Gasteiger partial charge in [0.05, 0.1) is 6.54 Å². The first-order chi connectivity index (χ1) is 7.40. The first-order valence-corrected chi connectivity index (χ1v) is 5.53. The minimum atomic E-state index is 0.873. The van der Waals surface area contributed by atoms with E-state index in [0.717, 1.165) is 25.5 Å². The summed E-state index contributed by atoms with van der Waals surface area (Å²) in [4.78, 5) is 4.33. The normalized spacial score (nSPS) is 14.6. The lowest BCUT2D eigenvalue weighted by atomic mass is 10.1. The fourth-order valence-corrected chi connectivity index (χ4v) is 1.74. The van der Waals surface area contributed by atoms with E-state index in [-0.39, 0.29) is 0 Å². The van der Waals surface area contributed by atoms with Crippen LogP contribution in [-0.2, 0) is 6.42 Å². The maximum absolute atomic E-state index is 4.33. The number of aryl methyl sites for hydroxylation is 1. The summed E-state index contributed by atoms with van der Waals surface area (Å²) >= 11 is 0. The van der Waals surface area contributed by atoms with Crippen LogP contribution in [0.4, 0.5) is 5.69 Å².